The Morgan fingerprint density at radius 3 is 2.00 bits per heavy atom. The lowest BCUT2D eigenvalue weighted by atomic mass is 10.1. The van der Waals surface area contributed by atoms with E-state index in [0.29, 0.717) is 5.69 Å². The molecule has 0 aliphatic rings. The molecule has 150 valence electrons. The molecular weight excluding hydrogens is 392 g/mol. The lowest BCUT2D eigenvalue weighted by Gasteiger charge is -2.11. The number of hydrogen-bond donors (Lipinski definition) is 2. The summed E-state index contributed by atoms with van der Waals surface area (Å²) in [4.78, 5) is 35.7. The standard InChI is InChI=1S/C21H20N2O5S/c1-13-4-6-14(7-5-13)8-9-18(24)23-21(29)22-17-11-15(19(25)27-2)10-16(12-17)20(26)28-3/h4-12H,1-3H3,(H2,22,23,24,29). The number of carbonyl (C=O) groups is 3. The summed E-state index contributed by atoms with van der Waals surface area (Å²) in [6.45, 7) is 1.98. The fourth-order valence-corrected chi connectivity index (χ4v) is 2.55. The van der Waals surface area contributed by atoms with E-state index in [9.17, 15) is 14.4 Å². The maximum absolute atomic E-state index is 12.1. The highest BCUT2D eigenvalue weighted by atomic mass is 32.1. The van der Waals surface area contributed by atoms with Gasteiger partial charge in [0.1, 0.15) is 0 Å². The van der Waals surface area contributed by atoms with E-state index in [4.69, 9.17) is 12.2 Å². The van der Waals surface area contributed by atoms with Gasteiger partial charge in [0.2, 0.25) is 5.91 Å². The zero-order valence-electron chi connectivity index (χ0n) is 16.1. The smallest absolute Gasteiger partial charge is 0.337 e. The van der Waals surface area contributed by atoms with Gasteiger partial charge in [0.25, 0.3) is 0 Å². The maximum Gasteiger partial charge on any atom is 0.337 e. The van der Waals surface area contributed by atoms with Crippen molar-refractivity contribution in [1.29, 1.82) is 0 Å². The first kappa shape index (κ1) is 21.8. The molecule has 2 aromatic rings. The number of hydrogen-bond acceptors (Lipinski definition) is 6. The summed E-state index contributed by atoms with van der Waals surface area (Å²) < 4.78 is 9.36. The molecule has 0 aliphatic carbocycles. The second-order valence-corrected chi connectivity index (χ2v) is 6.38. The minimum Gasteiger partial charge on any atom is -0.465 e. The first-order valence-corrected chi connectivity index (χ1v) is 8.91. The Labute approximate surface area is 173 Å². The third-order valence-corrected chi connectivity index (χ3v) is 3.98. The first-order valence-electron chi connectivity index (χ1n) is 8.51. The van der Waals surface area contributed by atoms with Crippen molar-refractivity contribution in [2.24, 2.45) is 0 Å². The molecule has 0 spiro atoms. The number of esters is 2. The highest BCUT2D eigenvalue weighted by Gasteiger charge is 2.14. The Morgan fingerprint density at radius 1 is 0.931 bits per heavy atom. The molecule has 1 amide bonds. The van der Waals surface area contributed by atoms with Crippen molar-refractivity contribution in [2.45, 2.75) is 6.92 Å². The number of amides is 1. The predicted octanol–water partition coefficient (Wildman–Crippen LogP) is 3.09. The van der Waals surface area contributed by atoms with Crippen molar-refractivity contribution < 1.29 is 23.9 Å². The molecular formula is C21H20N2O5S. The van der Waals surface area contributed by atoms with Crippen LogP contribution in [0.5, 0.6) is 0 Å². The summed E-state index contributed by atoms with van der Waals surface area (Å²) in [6, 6.07) is 11.9. The minimum atomic E-state index is -0.630. The minimum absolute atomic E-state index is 0.00128. The van der Waals surface area contributed by atoms with Crippen molar-refractivity contribution in [3.8, 4) is 0 Å². The highest BCUT2D eigenvalue weighted by molar-refractivity contribution is 7.80. The molecule has 2 N–H and O–H groups in total. The van der Waals surface area contributed by atoms with E-state index in [2.05, 4.69) is 20.1 Å². The molecule has 0 aromatic heterocycles. The summed E-state index contributed by atoms with van der Waals surface area (Å²) in [5, 5.41) is 5.27. The van der Waals surface area contributed by atoms with Crippen molar-refractivity contribution >= 4 is 46.9 Å². The van der Waals surface area contributed by atoms with Crippen LogP contribution in [0.3, 0.4) is 0 Å². The molecule has 0 fully saturated rings. The van der Waals surface area contributed by atoms with Crippen molar-refractivity contribution in [3.63, 3.8) is 0 Å². The molecule has 0 atom stereocenters. The van der Waals surface area contributed by atoms with Gasteiger partial charge < -0.3 is 14.8 Å². The van der Waals surface area contributed by atoms with Gasteiger partial charge in [-0.25, -0.2) is 9.59 Å². The zero-order chi connectivity index (χ0) is 21.4. The largest absolute Gasteiger partial charge is 0.465 e. The van der Waals surface area contributed by atoms with Crippen LogP contribution in [0, 0.1) is 6.92 Å². The predicted molar refractivity (Wildman–Crippen MR) is 114 cm³/mol. The maximum atomic E-state index is 12.1. The van der Waals surface area contributed by atoms with Crippen LogP contribution < -0.4 is 10.6 Å². The molecule has 0 radical (unpaired) electrons. The Hall–Kier alpha value is -3.52. The van der Waals surface area contributed by atoms with Crippen LogP contribution >= 0.6 is 12.2 Å². The Morgan fingerprint density at radius 2 is 1.48 bits per heavy atom. The van der Waals surface area contributed by atoms with Gasteiger partial charge in [-0.3, -0.25) is 10.1 Å². The van der Waals surface area contributed by atoms with Gasteiger partial charge in [0.05, 0.1) is 25.3 Å². The van der Waals surface area contributed by atoms with Gasteiger partial charge in [-0.15, -0.1) is 0 Å². The number of carbonyl (C=O) groups excluding carboxylic acids is 3. The Kier molecular flexibility index (Phi) is 7.62. The summed E-state index contributed by atoms with van der Waals surface area (Å²) in [5.74, 6) is -1.69. The lowest BCUT2D eigenvalue weighted by Crippen LogP contribution is -2.33. The van der Waals surface area contributed by atoms with Crippen molar-refractivity contribution in [3.05, 3.63) is 70.8 Å². The van der Waals surface area contributed by atoms with Gasteiger partial charge in [-0.1, -0.05) is 29.8 Å². The summed E-state index contributed by atoms with van der Waals surface area (Å²) in [5.41, 5.74) is 2.58. The molecule has 8 heteroatoms. The Balaban J connectivity index is 2.08. The zero-order valence-corrected chi connectivity index (χ0v) is 17.0. The van der Waals surface area contributed by atoms with Gasteiger partial charge in [-0.05, 0) is 49.0 Å². The third-order valence-electron chi connectivity index (χ3n) is 3.77. The summed E-state index contributed by atoms with van der Waals surface area (Å²) in [6.07, 6.45) is 3.01. The molecule has 0 bridgehead atoms. The number of thiocarbonyl (C=S) groups is 1. The average Bonchev–Trinajstić information content (AvgIpc) is 2.71. The molecule has 0 saturated carbocycles. The average molecular weight is 412 g/mol. The number of aryl methyl sites for hydroxylation is 1. The van der Waals surface area contributed by atoms with Crippen molar-refractivity contribution in [2.75, 3.05) is 19.5 Å². The fourth-order valence-electron chi connectivity index (χ4n) is 2.34. The van der Waals surface area contributed by atoms with Crippen LogP contribution in [0.1, 0.15) is 31.8 Å². The van der Waals surface area contributed by atoms with Crippen LogP contribution in [0.4, 0.5) is 5.69 Å². The number of ether oxygens (including phenoxy) is 2. The Bertz CT molecular complexity index is 933. The normalized spacial score (nSPS) is 10.3. The van der Waals surface area contributed by atoms with Gasteiger partial charge in [0, 0.05) is 11.8 Å². The number of rotatable bonds is 5. The van der Waals surface area contributed by atoms with E-state index in [1.54, 1.807) is 6.08 Å². The van der Waals surface area contributed by atoms with Crippen LogP contribution in [0.25, 0.3) is 6.08 Å². The molecule has 2 rings (SSSR count). The van der Waals surface area contributed by atoms with E-state index < -0.39 is 17.8 Å². The van der Waals surface area contributed by atoms with Gasteiger partial charge in [-0.2, -0.15) is 0 Å². The van der Waals surface area contributed by atoms with E-state index in [1.807, 2.05) is 31.2 Å². The molecule has 2 aromatic carbocycles. The number of methoxy groups -OCH3 is 2. The molecule has 0 heterocycles. The molecule has 0 unspecified atom stereocenters. The lowest BCUT2D eigenvalue weighted by molar-refractivity contribution is -0.115. The van der Waals surface area contributed by atoms with E-state index in [0.717, 1.165) is 11.1 Å². The van der Waals surface area contributed by atoms with E-state index in [-0.39, 0.29) is 16.2 Å². The first-order chi connectivity index (χ1) is 13.8. The SMILES string of the molecule is COC(=O)c1cc(NC(=S)NC(=O)C=Cc2ccc(C)cc2)cc(C(=O)OC)c1. The molecule has 0 aliphatic heterocycles. The van der Waals surface area contributed by atoms with Gasteiger partial charge >= 0.3 is 11.9 Å². The van der Waals surface area contributed by atoms with Crippen LogP contribution in [-0.4, -0.2) is 37.2 Å². The molecule has 0 saturated heterocycles. The van der Waals surface area contributed by atoms with E-state index in [1.165, 1.54) is 38.5 Å². The third kappa shape index (κ3) is 6.54. The second-order valence-electron chi connectivity index (χ2n) is 5.97. The fraction of sp³-hybridized carbons (Fsp3) is 0.143. The number of benzene rings is 2. The van der Waals surface area contributed by atoms with Gasteiger partial charge in [0.15, 0.2) is 5.11 Å². The quantitative estimate of drug-likeness (QED) is 0.443. The second kappa shape index (κ2) is 10.1. The van der Waals surface area contributed by atoms with Crippen LogP contribution in [-0.2, 0) is 14.3 Å². The highest BCUT2D eigenvalue weighted by Crippen LogP contribution is 2.17. The van der Waals surface area contributed by atoms with Crippen molar-refractivity contribution in [1.82, 2.24) is 5.32 Å². The van der Waals surface area contributed by atoms with E-state index >= 15 is 0 Å². The molecule has 7 nitrogen and oxygen atoms in total. The summed E-state index contributed by atoms with van der Waals surface area (Å²) in [7, 11) is 2.46. The summed E-state index contributed by atoms with van der Waals surface area (Å²) >= 11 is 5.13. The number of nitrogens with one attached hydrogen (secondary N) is 2. The topological polar surface area (TPSA) is 93.7 Å². The van der Waals surface area contributed by atoms with Crippen LogP contribution in [0.2, 0.25) is 0 Å². The van der Waals surface area contributed by atoms with Crippen LogP contribution in [0.15, 0.2) is 48.5 Å². The number of anilines is 1. The molecule has 29 heavy (non-hydrogen) atoms. The monoisotopic (exact) mass is 412 g/mol.